The highest BCUT2D eigenvalue weighted by Crippen LogP contribution is 2.40. The van der Waals surface area contributed by atoms with Gasteiger partial charge in [0.2, 0.25) is 0 Å². The number of nitrogens with two attached hydrogens (primary N) is 1. The van der Waals surface area contributed by atoms with E-state index >= 15 is 0 Å². The van der Waals surface area contributed by atoms with Gasteiger partial charge in [0.25, 0.3) is 0 Å². The summed E-state index contributed by atoms with van der Waals surface area (Å²) >= 11 is 1.87. The Morgan fingerprint density at radius 1 is 1.19 bits per heavy atom. The first kappa shape index (κ1) is 12.1. The van der Waals surface area contributed by atoms with Crippen LogP contribution < -0.4 is 5.73 Å². The standard InChI is InChI=1S/C14H23NS/c1-9-6-10(2)8-12(7-9)14(15)13-5-4-11(3)16-13/h4-5,9-10,12,14H,6-8,15H2,1-3H3. The van der Waals surface area contributed by atoms with Crippen LogP contribution in [0.4, 0.5) is 0 Å². The zero-order valence-corrected chi connectivity index (χ0v) is 11.4. The summed E-state index contributed by atoms with van der Waals surface area (Å²) in [5, 5.41) is 0. The normalized spacial score (nSPS) is 32.6. The predicted octanol–water partition coefficient (Wildman–Crippen LogP) is 4.13. The minimum absolute atomic E-state index is 0.267. The summed E-state index contributed by atoms with van der Waals surface area (Å²) in [5.41, 5.74) is 6.42. The Kier molecular flexibility index (Phi) is 3.70. The van der Waals surface area contributed by atoms with Crippen LogP contribution in [0.1, 0.15) is 48.9 Å². The summed E-state index contributed by atoms with van der Waals surface area (Å²) < 4.78 is 0. The van der Waals surface area contributed by atoms with Crippen molar-refractivity contribution in [2.24, 2.45) is 23.5 Å². The number of hydrogen-bond donors (Lipinski definition) is 1. The smallest absolute Gasteiger partial charge is 0.0418 e. The number of rotatable bonds is 2. The van der Waals surface area contributed by atoms with Crippen LogP contribution in [0.25, 0.3) is 0 Å². The summed E-state index contributed by atoms with van der Waals surface area (Å²) in [7, 11) is 0. The molecule has 1 heterocycles. The van der Waals surface area contributed by atoms with Gasteiger partial charge in [0, 0.05) is 15.8 Å². The highest BCUT2D eigenvalue weighted by atomic mass is 32.1. The second kappa shape index (κ2) is 4.89. The molecule has 1 aromatic heterocycles. The fraction of sp³-hybridized carbons (Fsp3) is 0.714. The van der Waals surface area contributed by atoms with Gasteiger partial charge in [-0.2, -0.15) is 0 Å². The lowest BCUT2D eigenvalue weighted by atomic mass is 9.74. The van der Waals surface area contributed by atoms with Crippen molar-refractivity contribution >= 4 is 11.3 Å². The molecule has 0 spiro atoms. The molecule has 3 unspecified atom stereocenters. The van der Waals surface area contributed by atoms with E-state index in [1.54, 1.807) is 0 Å². The van der Waals surface area contributed by atoms with E-state index in [2.05, 4.69) is 32.9 Å². The summed E-state index contributed by atoms with van der Waals surface area (Å²) in [5.74, 6) is 2.39. The molecule has 1 saturated carbocycles. The van der Waals surface area contributed by atoms with Crippen molar-refractivity contribution in [3.05, 3.63) is 21.9 Å². The first-order chi connectivity index (χ1) is 7.56. The van der Waals surface area contributed by atoms with Gasteiger partial charge < -0.3 is 5.73 Å². The second-order valence-electron chi connectivity index (χ2n) is 5.65. The van der Waals surface area contributed by atoms with Crippen LogP contribution in [0.15, 0.2) is 12.1 Å². The maximum absolute atomic E-state index is 6.42. The molecule has 0 radical (unpaired) electrons. The molecule has 0 bridgehead atoms. The molecule has 1 aromatic rings. The molecule has 2 rings (SSSR count). The van der Waals surface area contributed by atoms with Crippen LogP contribution in [0.3, 0.4) is 0 Å². The molecule has 2 N–H and O–H groups in total. The van der Waals surface area contributed by atoms with Crippen LogP contribution in [0.5, 0.6) is 0 Å². The third-order valence-corrected chi connectivity index (χ3v) is 4.91. The first-order valence-corrected chi connectivity index (χ1v) is 7.19. The van der Waals surface area contributed by atoms with Gasteiger partial charge in [-0.1, -0.05) is 13.8 Å². The Hall–Kier alpha value is -0.340. The predicted molar refractivity (Wildman–Crippen MR) is 71.7 cm³/mol. The molecule has 0 saturated heterocycles. The third kappa shape index (κ3) is 2.67. The van der Waals surface area contributed by atoms with Crippen molar-refractivity contribution in [2.75, 3.05) is 0 Å². The number of hydrogen-bond acceptors (Lipinski definition) is 2. The molecule has 3 atom stereocenters. The largest absolute Gasteiger partial charge is 0.323 e. The summed E-state index contributed by atoms with van der Waals surface area (Å²) in [6.07, 6.45) is 4.00. The minimum Gasteiger partial charge on any atom is -0.323 e. The first-order valence-electron chi connectivity index (χ1n) is 6.38. The zero-order chi connectivity index (χ0) is 11.7. The van der Waals surface area contributed by atoms with Gasteiger partial charge >= 0.3 is 0 Å². The Bertz CT molecular complexity index is 334. The van der Waals surface area contributed by atoms with E-state index < -0.39 is 0 Å². The highest BCUT2D eigenvalue weighted by Gasteiger charge is 2.29. The second-order valence-corrected chi connectivity index (χ2v) is 6.97. The summed E-state index contributed by atoms with van der Waals surface area (Å²) in [6, 6.07) is 4.67. The maximum atomic E-state index is 6.42. The fourth-order valence-electron chi connectivity index (χ4n) is 3.17. The molecular weight excluding hydrogens is 214 g/mol. The van der Waals surface area contributed by atoms with Gasteiger partial charge in [0.15, 0.2) is 0 Å². The lowest BCUT2D eigenvalue weighted by Crippen LogP contribution is -2.28. The molecule has 1 aliphatic carbocycles. The fourth-order valence-corrected chi connectivity index (χ4v) is 4.14. The minimum atomic E-state index is 0.267. The van der Waals surface area contributed by atoms with Crippen LogP contribution >= 0.6 is 11.3 Å². The van der Waals surface area contributed by atoms with Crippen molar-refractivity contribution < 1.29 is 0 Å². The van der Waals surface area contributed by atoms with Gasteiger partial charge in [-0.05, 0) is 56.1 Å². The van der Waals surface area contributed by atoms with E-state index in [9.17, 15) is 0 Å². The van der Waals surface area contributed by atoms with E-state index in [0.717, 1.165) is 11.8 Å². The Labute approximate surface area is 103 Å². The van der Waals surface area contributed by atoms with Crippen LogP contribution in [0, 0.1) is 24.7 Å². The SMILES string of the molecule is Cc1ccc(C(N)C2CC(C)CC(C)C2)s1. The van der Waals surface area contributed by atoms with E-state index in [0.29, 0.717) is 5.92 Å². The Morgan fingerprint density at radius 3 is 2.31 bits per heavy atom. The molecule has 0 aliphatic heterocycles. The van der Waals surface area contributed by atoms with Gasteiger partial charge in [0.1, 0.15) is 0 Å². The van der Waals surface area contributed by atoms with Crippen LogP contribution in [-0.2, 0) is 0 Å². The molecule has 90 valence electrons. The lowest BCUT2D eigenvalue weighted by molar-refractivity contribution is 0.194. The van der Waals surface area contributed by atoms with Crippen LogP contribution in [0.2, 0.25) is 0 Å². The molecule has 0 aromatic carbocycles. The monoisotopic (exact) mass is 237 g/mol. The van der Waals surface area contributed by atoms with Crippen molar-refractivity contribution in [3.8, 4) is 0 Å². The molecule has 1 aliphatic rings. The quantitative estimate of drug-likeness (QED) is 0.822. The molecule has 1 nitrogen and oxygen atoms in total. The number of aryl methyl sites for hydroxylation is 1. The Morgan fingerprint density at radius 2 is 1.81 bits per heavy atom. The zero-order valence-electron chi connectivity index (χ0n) is 10.6. The summed E-state index contributed by atoms with van der Waals surface area (Å²) in [4.78, 5) is 2.76. The average molecular weight is 237 g/mol. The van der Waals surface area contributed by atoms with Gasteiger partial charge in [-0.25, -0.2) is 0 Å². The topological polar surface area (TPSA) is 26.0 Å². The average Bonchev–Trinajstić information content (AvgIpc) is 2.62. The molecule has 0 amide bonds. The maximum Gasteiger partial charge on any atom is 0.0418 e. The molecule has 1 fully saturated rings. The van der Waals surface area contributed by atoms with E-state index in [4.69, 9.17) is 5.73 Å². The van der Waals surface area contributed by atoms with Crippen molar-refractivity contribution in [2.45, 2.75) is 46.1 Å². The third-order valence-electron chi connectivity index (χ3n) is 3.81. The van der Waals surface area contributed by atoms with E-state index in [-0.39, 0.29) is 6.04 Å². The molecule has 2 heteroatoms. The highest BCUT2D eigenvalue weighted by molar-refractivity contribution is 7.12. The van der Waals surface area contributed by atoms with Crippen molar-refractivity contribution in [1.29, 1.82) is 0 Å². The molecule has 16 heavy (non-hydrogen) atoms. The van der Waals surface area contributed by atoms with Crippen molar-refractivity contribution in [3.63, 3.8) is 0 Å². The van der Waals surface area contributed by atoms with Crippen LogP contribution in [-0.4, -0.2) is 0 Å². The Balaban J connectivity index is 2.06. The van der Waals surface area contributed by atoms with Gasteiger partial charge in [0.05, 0.1) is 0 Å². The summed E-state index contributed by atoms with van der Waals surface area (Å²) in [6.45, 7) is 6.90. The van der Waals surface area contributed by atoms with E-state index in [1.165, 1.54) is 29.0 Å². The molecular formula is C14H23NS. The lowest BCUT2D eigenvalue weighted by Gasteiger charge is -2.34. The van der Waals surface area contributed by atoms with Gasteiger partial charge in [-0.15, -0.1) is 11.3 Å². The number of thiophene rings is 1. The van der Waals surface area contributed by atoms with E-state index in [1.807, 2.05) is 11.3 Å². The van der Waals surface area contributed by atoms with Crippen molar-refractivity contribution in [1.82, 2.24) is 0 Å². The van der Waals surface area contributed by atoms with Gasteiger partial charge in [-0.3, -0.25) is 0 Å².